The van der Waals surface area contributed by atoms with E-state index in [-0.39, 0.29) is 4.75 Å². The number of hydrogen-bond donors (Lipinski definition) is 0. The predicted molar refractivity (Wildman–Crippen MR) is 49.1 cm³/mol. The zero-order valence-electron chi connectivity index (χ0n) is 7.72. The average molecular weight is 209 g/mol. The van der Waals surface area contributed by atoms with Gasteiger partial charge in [0.15, 0.2) is 0 Å². The molecule has 0 radical (unpaired) electrons. The molecule has 13 heavy (non-hydrogen) atoms. The van der Waals surface area contributed by atoms with Crippen LogP contribution in [0.5, 0.6) is 0 Å². The first-order valence-corrected chi connectivity index (χ1v) is 5.12. The monoisotopic (exact) mass is 209 g/mol. The molecule has 0 aromatic rings. The fraction of sp³-hybridized carbons (Fsp3) is 0.875. The topological polar surface area (TPSA) is 20.3 Å². The van der Waals surface area contributed by atoms with Crippen LogP contribution in [0.3, 0.4) is 0 Å². The summed E-state index contributed by atoms with van der Waals surface area (Å²) < 4.78 is 24.0. The molecular weight excluding hydrogens is 196 g/mol. The van der Waals surface area contributed by atoms with Gasteiger partial charge in [-0.25, -0.2) is 0 Å². The van der Waals surface area contributed by atoms with Crippen LogP contribution in [0.2, 0.25) is 0 Å². The summed E-state index contributed by atoms with van der Waals surface area (Å²) in [6.45, 7) is 4.78. The molecule has 76 valence electrons. The van der Waals surface area contributed by atoms with Gasteiger partial charge in [0.25, 0.3) is 5.91 Å². The second-order valence-corrected chi connectivity index (χ2v) is 5.47. The minimum Gasteiger partial charge on any atom is -0.336 e. The van der Waals surface area contributed by atoms with E-state index in [1.54, 1.807) is 11.8 Å². The van der Waals surface area contributed by atoms with Crippen LogP contribution in [0.15, 0.2) is 0 Å². The van der Waals surface area contributed by atoms with Gasteiger partial charge in [0.2, 0.25) is 0 Å². The molecule has 1 saturated heterocycles. The largest absolute Gasteiger partial charge is 0.336 e. The summed E-state index contributed by atoms with van der Waals surface area (Å²) >= 11 is 1.71. The molecule has 1 aliphatic rings. The third-order valence-electron chi connectivity index (χ3n) is 1.92. The Bertz CT molecular complexity index is 208. The molecule has 2 nitrogen and oxygen atoms in total. The van der Waals surface area contributed by atoms with E-state index in [1.165, 1.54) is 4.90 Å². The van der Waals surface area contributed by atoms with Gasteiger partial charge in [0, 0.05) is 23.6 Å². The van der Waals surface area contributed by atoms with Crippen LogP contribution in [0.4, 0.5) is 8.78 Å². The smallest absolute Gasteiger partial charge is 0.315 e. The maximum absolute atomic E-state index is 12.1. The highest BCUT2D eigenvalue weighted by Crippen LogP contribution is 2.29. The Morgan fingerprint density at radius 2 is 2.15 bits per heavy atom. The van der Waals surface area contributed by atoms with Gasteiger partial charge in [-0.05, 0) is 13.8 Å². The van der Waals surface area contributed by atoms with Crippen molar-refractivity contribution in [3.63, 3.8) is 0 Å². The normalized spacial score (nSPS) is 22.1. The maximum Gasteiger partial charge on any atom is 0.315 e. The van der Waals surface area contributed by atoms with Crippen molar-refractivity contribution in [2.24, 2.45) is 0 Å². The van der Waals surface area contributed by atoms with Gasteiger partial charge in [-0.3, -0.25) is 4.79 Å². The number of hydrogen-bond acceptors (Lipinski definition) is 2. The lowest BCUT2D eigenvalue weighted by atomic mass is 10.2. The molecule has 0 unspecified atom stereocenters. The molecule has 1 aliphatic heterocycles. The fourth-order valence-corrected chi connectivity index (χ4v) is 2.45. The molecular formula is C8H13F2NOS. The van der Waals surface area contributed by atoms with E-state index in [9.17, 15) is 13.6 Å². The molecule has 0 aliphatic carbocycles. The van der Waals surface area contributed by atoms with E-state index in [0.717, 1.165) is 5.75 Å². The van der Waals surface area contributed by atoms with Gasteiger partial charge in [0.05, 0.1) is 0 Å². The summed E-state index contributed by atoms with van der Waals surface area (Å²) in [5, 5.41) is 0. The summed E-state index contributed by atoms with van der Waals surface area (Å²) in [5.41, 5.74) is 0. The van der Waals surface area contributed by atoms with Crippen molar-refractivity contribution in [1.29, 1.82) is 0 Å². The van der Waals surface area contributed by atoms with Crippen LogP contribution in [0.1, 0.15) is 13.8 Å². The number of alkyl halides is 2. The molecule has 0 saturated carbocycles. The molecule has 1 fully saturated rings. The number of thioether (sulfide) groups is 1. The van der Waals surface area contributed by atoms with Crippen molar-refractivity contribution < 1.29 is 13.6 Å². The number of amides is 1. The number of rotatable bonds is 1. The van der Waals surface area contributed by atoms with E-state index in [4.69, 9.17) is 0 Å². The quantitative estimate of drug-likeness (QED) is 0.654. The molecule has 1 amide bonds. The Morgan fingerprint density at radius 1 is 1.54 bits per heavy atom. The molecule has 1 heterocycles. The first-order chi connectivity index (χ1) is 5.92. The van der Waals surface area contributed by atoms with Gasteiger partial charge in [-0.2, -0.15) is 20.5 Å². The molecule has 0 N–H and O–H groups in total. The van der Waals surface area contributed by atoms with E-state index in [0.29, 0.717) is 13.1 Å². The molecule has 0 spiro atoms. The Morgan fingerprint density at radius 3 is 2.62 bits per heavy atom. The zero-order valence-corrected chi connectivity index (χ0v) is 8.53. The van der Waals surface area contributed by atoms with Gasteiger partial charge >= 0.3 is 6.43 Å². The Labute approximate surface area is 80.7 Å². The first-order valence-electron chi connectivity index (χ1n) is 4.13. The van der Waals surface area contributed by atoms with Crippen LogP contribution in [-0.2, 0) is 4.79 Å². The lowest BCUT2D eigenvalue weighted by Gasteiger charge is -2.37. The van der Waals surface area contributed by atoms with Crippen molar-refractivity contribution in [3.8, 4) is 0 Å². The summed E-state index contributed by atoms with van der Waals surface area (Å²) in [6, 6.07) is 0. The number of carbonyl (C=O) groups is 1. The predicted octanol–water partition coefficient (Wildman–Crippen LogP) is 1.61. The second-order valence-electron chi connectivity index (χ2n) is 3.67. The van der Waals surface area contributed by atoms with E-state index in [2.05, 4.69) is 0 Å². The Balaban J connectivity index is 2.57. The van der Waals surface area contributed by atoms with Crippen molar-refractivity contribution in [2.75, 3.05) is 18.8 Å². The number of nitrogens with zero attached hydrogens (tertiary/aromatic N) is 1. The maximum atomic E-state index is 12.1. The lowest BCUT2D eigenvalue weighted by molar-refractivity contribution is -0.143. The molecule has 1 rings (SSSR count). The van der Waals surface area contributed by atoms with Crippen molar-refractivity contribution in [3.05, 3.63) is 0 Å². The Kier molecular flexibility index (Phi) is 3.16. The highest BCUT2D eigenvalue weighted by molar-refractivity contribution is 8.00. The zero-order chi connectivity index (χ0) is 10.1. The van der Waals surface area contributed by atoms with Crippen LogP contribution in [-0.4, -0.2) is 40.8 Å². The molecule has 0 bridgehead atoms. The average Bonchev–Trinajstić information content (AvgIpc) is 2.01. The van der Waals surface area contributed by atoms with Crippen LogP contribution < -0.4 is 0 Å². The second kappa shape index (κ2) is 3.82. The highest BCUT2D eigenvalue weighted by Gasteiger charge is 2.32. The van der Waals surface area contributed by atoms with Crippen LogP contribution in [0.25, 0.3) is 0 Å². The van der Waals surface area contributed by atoms with E-state index in [1.807, 2.05) is 13.8 Å². The summed E-state index contributed by atoms with van der Waals surface area (Å²) in [7, 11) is 0. The number of halogens is 2. The Hall–Kier alpha value is -0.320. The molecule has 0 aromatic carbocycles. The van der Waals surface area contributed by atoms with Gasteiger partial charge in [-0.15, -0.1) is 0 Å². The summed E-state index contributed by atoms with van der Waals surface area (Å²) in [5.74, 6) is -0.292. The minimum atomic E-state index is -2.86. The van der Waals surface area contributed by atoms with Crippen molar-refractivity contribution in [2.45, 2.75) is 25.0 Å². The van der Waals surface area contributed by atoms with Crippen LogP contribution in [0, 0.1) is 0 Å². The summed E-state index contributed by atoms with van der Waals surface area (Å²) in [4.78, 5) is 12.2. The van der Waals surface area contributed by atoms with E-state index >= 15 is 0 Å². The highest BCUT2D eigenvalue weighted by atomic mass is 32.2. The minimum absolute atomic E-state index is 0.0944. The lowest BCUT2D eigenvalue weighted by Crippen LogP contribution is -2.48. The van der Waals surface area contributed by atoms with Gasteiger partial charge < -0.3 is 4.90 Å². The number of carbonyl (C=O) groups excluding carboxylic acids is 1. The van der Waals surface area contributed by atoms with Crippen molar-refractivity contribution >= 4 is 17.7 Å². The van der Waals surface area contributed by atoms with Crippen LogP contribution >= 0.6 is 11.8 Å². The van der Waals surface area contributed by atoms with Crippen molar-refractivity contribution in [1.82, 2.24) is 4.90 Å². The first kappa shape index (κ1) is 10.8. The van der Waals surface area contributed by atoms with E-state index < -0.39 is 12.3 Å². The van der Waals surface area contributed by atoms with Gasteiger partial charge in [0.1, 0.15) is 0 Å². The fourth-order valence-electron chi connectivity index (χ4n) is 1.34. The molecule has 0 atom stereocenters. The third-order valence-corrected chi connectivity index (χ3v) is 3.22. The standard InChI is InChI=1S/C8H13F2NOS/c1-8(2)5-11(3-4-13-8)7(12)6(9)10/h6H,3-5H2,1-2H3. The molecule has 5 heteroatoms. The molecule has 0 aromatic heterocycles. The SMILES string of the molecule is CC1(C)CN(C(=O)C(F)F)CCS1. The van der Waals surface area contributed by atoms with Gasteiger partial charge in [-0.1, -0.05) is 0 Å². The summed E-state index contributed by atoms with van der Waals surface area (Å²) in [6.07, 6.45) is -2.86. The third kappa shape index (κ3) is 2.83.